The second kappa shape index (κ2) is 6.85. The molecule has 1 aliphatic heterocycles. The molecule has 138 valence electrons. The van der Waals surface area contributed by atoms with Crippen LogP contribution < -0.4 is 0 Å². The predicted octanol–water partition coefficient (Wildman–Crippen LogP) is 3.68. The molecule has 1 fully saturated rings. The first-order valence-electron chi connectivity index (χ1n) is 8.78. The van der Waals surface area contributed by atoms with Crippen LogP contribution in [0.2, 0.25) is 0 Å². The van der Waals surface area contributed by atoms with Crippen LogP contribution in [0, 0.1) is 10.1 Å². The fraction of sp³-hybridized carbons (Fsp3) is 0.250. The average molecular weight is 365 g/mol. The number of non-ortho nitro benzene ring substituents is 1. The Balaban J connectivity index is 1.63. The van der Waals surface area contributed by atoms with Crippen molar-refractivity contribution in [1.82, 2.24) is 9.88 Å². The van der Waals surface area contributed by atoms with Crippen LogP contribution in [0.4, 0.5) is 5.69 Å². The number of nitrogens with one attached hydrogen (secondary N) is 1. The van der Waals surface area contributed by atoms with Crippen molar-refractivity contribution in [3.8, 4) is 0 Å². The SMILES string of the molecule is C[C@@H]1CN(C(=O)c2cc3cccc([N+](=O)[O-])c3[nH]2)C[C@@H](c2ccccc2)O1. The van der Waals surface area contributed by atoms with Crippen LogP contribution in [0.15, 0.2) is 54.6 Å². The Bertz CT molecular complexity index is 999. The summed E-state index contributed by atoms with van der Waals surface area (Å²) in [6.45, 7) is 2.84. The number of nitro benzene ring substituents is 1. The Morgan fingerprint density at radius 1 is 1.19 bits per heavy atom. The zero-order valence-corrected chi connectivity index (χ0v) is 14.8. The maximum Gasteiger partial charge on any atom is 0.293 e. The van der Waals surface area contributed by atoms with Gasteiger partial charge in [-0.1, -0.05) is 42.5 Å². The molecule has 0 saturated carbocycles. The summed E-state index contributed by atoms with van der Waals surface area (Å²) >= 11 is 0. The summed E-state index contributed by atoms with van der Waals surface area (Å²) in [7, 11) is 0. The van der Waals surface area contributed by atoms with E-state index in [9.17, 15) is 14.9 Å². The highest BCUT2D eigenvalue weighted by Crippen LogP contribution is 2.28. The number of hydrogen-bond acceptors (Lipinski definition) is 4. The molecular weight excluding hydrogens is 346 g/mol. The van der Waals surface area contributed by atoms with Gasteiger partial charge in [0.2, 0.25) is 0 Å². The van der Waals surface area contributed by atoms with E-state index in [2.05, 4.69) is 4.98 Å². The molecule has 2 atom stereocenters. The number of benzene rings is 2. The lowest BCUT2D eigenvalue weighted by molar-refractivity contribution is -0.383. The van der Waals surface area contributed by atoms with Gasteiger partial charge < -0.3 is 14.6 Å². The fourth-order valence-electron chi connectivity index (χ4n) is 3.55. The average Bonchev–Trinajstić information content (AvgIpc) is 3.11. The van der Waals surface area contributed by atoms with Gasteiger partial charge in [0.25, 0.3) is 11.6 Å². The minimum atomic E-state index is -0.449. The van der Waals surface area contributed by atoms with Crippen LogP contribution >= 0.6 is 0 Å². The van der Waals surface area contributed by atoms with Gasteiger partial charge in [0.05, 0.1) is 17.6 Å². The number of para-hydroxylation sites is 1. The van der Waals surface area contributed by atoms with Crippen molar-refractivity contribution in [3.63, 3.8) is 0 Å². The van der Waals surface area contributed by atoms with Crippen molar-refractivity contribution in [3.05, 3.63) is 76.0 Å². The Morgan fingerprint density at radius 3 is 2.70 bits per heavy atom. The maximum atomic E-state index is 13.0. The number of nitro groups is 1. The summed E-state index contributed by atoms with van der Waals surface area (Å²) in [5.74, 6) is -0.184. The highest BCUT2D eigenvalue weighted by atomic mass is 16.6. The molecule has 7 heteroatoms. The summed E-state index contributed by atoms with van der Waals surface area (Å²) in [4.78, 5) is 28.5. The number of nitrogens with zero attached hydrogens (tertiary/aromatic N) is 2. The van der Waals surface area contributed by atoms with Crippen molar-refractivity contribution in [1.29, 1.82) is 0 Å². The summed E-state index contributed by atoms with van der Waals surface area (Å²) in [6, 6.07) is 16.3. The van der Waals surface area contributed by atoms with Crippen molar-refractivity contribution in [2.75, 3.05) is 13.1 Å². The van der Waals surface area contributed by atoms with E-state index in [-0.39, 0.29) is 23.8 Å². The minimum absolute atomic E-state index is 0.0379. The van der Waals surface area contributed by atoms with E-state index in [1.165, 1.54) is 6.07 Å². The third-order valence-corrected chi connectivity index (χ3v) is 4.78. The second-order valence-corrected chi connectivity index (χ2v) is 6.74. The zero-order chi connectivity index (χ0) is 19.0. The van der Waals surface area contributed by atoms with Gasteiger partial charge in [-0.15, -0.1) is 0 Å². The molecule has 0 aliphatic carbocycles. The number of carbonyl (C=O) groups is 1. The van der Waals surface area contributed by atoms with E-state index >= 15 is 0 Å². The Labute approximate surface area is 155 Å². The topological polar surface area (TPSA) is 88.5 Å². The largest absolute Gasteiger partial charge is 0.367 e. The molecule has 1 amide bonds. The highest BCUT2D eigenvalue weighted by Gasteiger charge is 2.31. The van der Waals surface area contributed by atoms with E-state index in [4.69, 9.17) is 4.74 Å². The van der Waals surface area contributed by atoms with Crippen LogP contribution in [-0.2, 0) is 4.74 Å². The van der Waals surface area contributed by atoms with Crippen LogP contribution in [0.3, 0.4) is 0 Å². The first-order chi connectivity index (χ1) is 13.0. The molecule has 4 rings (SSSR count). The van der Waals surface area contributed by atoms with Gasteiger partial charge in [-0.05, 0) is 18.6 Å². The number of ether oxygens (including phenoxy) is 1. The highest BCUT2D eigenvalue weighted by molar-refractivity contribution is 6.00. The molecule has 27 heavy (non-hydrogen) atoms. The van der Waals surface area contributed by atoms with Gasteiger partial charge in [-0.25, -0.2) is 0 Å². The number of amides is 1. The number of aromatic nitrogens is 1. The van der Waals surface area contributed by atoms with E-state index in [0.717, 1.165) is 5.56 Å². The van der Waals surface area contributed by atoms with Gasteiger partial charge in [-0.3, -0.25) is 14.9 Å². The molecule has 7 nitrogen and oxygen atoms in total. The Kier molecular flexibility index (Phi) is 4.37. The molecule has 0 radical (unpaired) electrons. The number of aromatic amines is 1. The van der Waals surface area contributed by atoms with Gasteiger partial charge in [0.15, 0.2) is 0 Å². The monoisotopic (exact) mass is 365 g/mol. The summed E-state index contributed by atoms with van der Waals surface area (Å²) < 4.78 is 6.00. The minimum Gasteiger partial charge on any atom is -0.367 e. The molecule has 0 bridgehead atoms. The Hall–Kier alpha value is -3.19. The molecule has 1 N–H and O–H groups in total. The Morgan fingerprint density at radius 2 is 1.96 bits per heavy atom. The summed E-state index contributed by atoms with van der Waals surface area (Å²) in [6.07, 6.45) is -0.302. The lowest BCUT2D eigenvalue weighted by Crippen LogP contribution is -2.46. The standard InChI is InChI=1S/C20H19N3O4/c1-13-11-22(12-18(27-13)14-6-3-2-4-7-14)20(24)16-10-15-8-5-9-17(23(25)26)19(15)21-16/h2-10,13,18,21H,11-12H2,1H3/t13-,18+/m1/s1. The van der Waals surface area contributed by atoms with Crippen LogP contribution in [0.5, 0.6) is 0 Å². The molecule has 3 aromatic rings. The molecule has 1 aliphatic rings. The first kappa shape index (κ1) is 17.2. The first-order valence-corrected chi connectivity index (χ1v) is 8.78. The van der Waals surface area contributed by atoms with Crippen molar-refractivity contribution in [2.24, 2.45) is 0 Å². The third kappa shape index (κ3) is 3.29. The van der Waals surface area contributed by atoms with Crippen molar-refractivity contribution >= 4 is 22.5 Å². The molecule has 0 unspecified atom stereocenters. The van der Waals surface area contributed by atoms with E-state index in [1.54, 1.807) is 23.1 Å². The third-order valence-electron chi connectivity index (χ3n) is 4.78. The molecule has 2 heterocycles. The molecule has 0 spiro atoms. The number of carbonyl (C=O) groups excluding carboxylic acids is 1. The van der Waals surface area contributed by atoms with E-state index < -0.39 is 4.92 Å². The van der Waals surface area contributed by atoms with Crippen LogP contribution in [0.25, 0.3) is 10.9 Å². The van der Waals surface area contributed by atoms with E-state index in [0.29, 0.717) is 29.7 Å². The summed E-state index contributed by atoms with van der Waals surface area (Å²) in [5, 5.41) is 11.9. The molecular formula is C20H19N3O4. The smallest absolute Gasteiger partial charge is 0.293 e. The summed E-state index contributed by atoms with van der Waals surface area (Å²) in [5.41, 5.74) is 1.70. The van der Waals surface area contributed by atoms with Gasteiger partial charge in [0, 0.05) is 18.0 Å². The van der Waals surface area contributed by atoms with Crippen LogP contribution in [0.1, 0.15) is 29.1 Å². The number of morpholine rings is 1. The fourth-order valence-corrected chi connectivity index (χ4v) is 3.55. The number of H-pyrrole nitrogens is 1. The van der Waals surface area contributed by atoms with E-state index in [1.807, 2.05) is 37.3 Å². The molecule has 2 aromatic carbocycles. The zero-order valence-electron chi connectivity index (χ0n) is 14.8. The number of rotatable bonds is 3. The maximum absolute atomic E-state index is 13.0. The van der Waals surface area contributed by atoms with Gasteiger partial charge in [-0.2, -0.15) is 0 Å². The quantitative estimate of drug-likeness (QED) is 0.566. The molecule has 1 saturated heterocycles. The van der Waals surface area contributed by atoms with Gasteiger partial charge >= 0.3 is 0 Å². The van der Waals surface area contributed by atoms with Gasteiger partial charge in [0.1, 0.15) is 17.3 Å². The lowest BCUT2D eigenvalue weighted by atomic mass is 10.1. The molecule has 1 aromatic heterocycles. The second-order valence-electron chi connectivity index (χ2n) is 6.74. The lowest BCUT2D eigenvalue weighted by Gasteiger charge is -2.36. The normalized spacial score (nSPS) is 20.0. The predicted molar refractivity (Wildman–Crippen MR) is 101 cm³/mol. The van der Waals surface area contributed by atoms with Crippen molar-refractivity contribution < 1.29 is 14.5 Å². The van der Waals surface area contributed by atoms with Crippen LogP contribution in [-0.4, -0.2) is 39.9 Å². The van der Waals surface area contributed by atoms with Crippen molar-refractivity contribution in [2.45, 2.75) is 19.1 Å². The number of fused-ring (bicyclic) bond motifs is 1. The number of hydrogen-bond donors (Lipinski definition) is 1.